The molecule has 2 aromatic rings. The number of carbonyl (C=O) groups excluding carboxylic acids is 1. The number of nitrogens with zero attached hydrogens (tertiary/aromatic N) is 1. The summed E-state index contributed by atoms with van der Waals surface area (Å²) in [5.74, 6) is 2.32. The second-order valence-corrected chi connectivity index (χ2v) is 7.03. The number of nitrogens with one attached hydrogen (secondary N) is 1. The summed E-state index contributed by atoms with van der Waals surface area (Å²) in [5, 5.41) is 2.87. The highest BCUT2D eigenvalue weighted by atomic mass is 16.5. The van der Waals surface area contributed by atoms with Crippen LogP contribution in [0.3, 0.4) is 0 Å². The summed E-state index contributed by atoms with van der Waals surface area (Å²) in [7, 11) is 0. The van der Waals surface area contributed by atoms with Gasteiger partial charge in [-0.3, -0.25) is 4.79 Å². The first-order valence-corrected chi connectivity index (χ1v) is 8.90. The van der Waals surface area contributed by atoms with Crippen LogP contribution in [-0.4, -0.2) is 24.1 Å². The number of anilines is 1. The number of benzene rings is 1. The highest BCUT2D eigenvalue weighted by molar-refractivity contribution is 5.92. The number of amides is 1. The van der Waals surface area contributed by atoms with Gasteiger partial charge < -0.3 is 19.2 Å². The Labute approximate surface area is 154 Å². The molecule has 0 radical (unpaired) electrons. The summed E-state index contributed by atoms with van der Waals surface area (Å²) in [6.07, 6.45) is 0.131. The van der Waals surface area contributed by atoms with Crippen molar-refractivity contribution in [1.82, 2.24) is 4.98 Å². The standard InChI is InChI=1S/C20H28N2O4/c1-7-24-15-10-9-14(11-17(15)25-8-2)22-18(23)12-16-13(3)21-19(26-16)20(4,5)6/h9-11H,7-8,12H2,1-6H3,(H,22,23). The molecule has 1 N–H and O–H groups in total. The lowest BCUT2D eigenvalue weighted by molar-refractivity contribution is -0.115. The Morgan fingerprint density at radius 1 is 1.15 bits per heavy atom. The van der Waals surface area contributed by atoms with Crippen molar-refractivity contribution in [3.05, 3.63) is 35.5 Å². The van der Waals surface area contributed by atoms with Gasteiger partial charge in [-0.15, -0.1) is 0 Å². The van der Waals surface area contributed by atoms with Crippen molar-refractivity contribution in [2.24, 2.45) is 0 Å². The van der Waals surface area contributed by atoms with Crippen LogP contribution in [0, 0.1) is 6.92 Å². The van der Waals surface area contributed by atoms with Gasteiger partial charge in [0, 0.05) is 17.2 Å². The largest absolute Gasteiger partial charge is 0.490 e. The first-order chi connectivity index (χ1) is 12.2. The summed E-state index contributed by atoms with van der Waals surface area (Å²) in [6, 6.07) is 5.35. The van der Waals surface area contributed by atoms with Gasteiger partial charge in [0.15, 0.2) is 17.4 Å². The van der Waals surface area contributed by atoms with Gasteiger partial charge in [-0.25, -0.2) is 4.98 Å². The van der Waals surface area contributed by atoms with Crippen molar-refractivity contribution < 1.29 is 18.7 Å². The zero-order valence-electron chi connectivity index (χ0n) is 16.4. The van der Waals surface area contributed by atoms with Gasteiger partial charge >= 0.3 is 0 Å². The lowest BCUT2D eigenvalue weighted by Gasteiger charge is -2.13. The minimum atomic E-state index is -0.193. The Kier molecular flexibility index (Phi) is 6.29. The summed E-state index contributed by atoms with van der Waals surface area (Å²) < 4.78 is 16.9. The fraction of sp³-hybridized carbons (Fsp3) is 0.500. The van der Waals surface area contributed by atoms with Gasteiger partial charge in [0.05, 0.1) is 25.3 Å². The van der Waals surface area contributed by atoms with E-state index in [1.165, 1.54) is 0 Å². The van der Waals surface area contributed by atoms with Crippen molar-refractivity contribution in [3.8, 4) is 11.5 Å². The molecule has 0 aliphatic rings. The predicted octanol–water partition coefficient (Wildman–Crippen LogP) is 4.26. The lowest BCUT2D eigenvalue weighted by Crippen LogP contribution is -2.15. The summed E-state index contributed by atoms with van der Waals surface area (Å²) >= 11 is 0. The normalized spacial score (nSPS) is 11.3. The van der Waals surface area contributed by atoms with E-state index >= 15 is 0 Å². The molecule has 1 aromatic heterocycles. The molecular formula is C20H28N2O4. The Balaban J connectivity index is 2.10. The number of rotatable bonds is 7. The molecule has 0 aliphatic carbocycles. The van der Waals surface area contributed by atoms with E-state index in [4.69, 9.17) is 13.9 Å². The molecule has 0 spiro atoms. The number of ether oxygens (including phenoxy) is 2. The Morgan fingerprint density at radius 3 is 2.38 bits per heavy atom. The quantitative estimate of drug-likeness (QED) is 0.799. The minimum Gasteiger partial charge on any atom is -0.490 e. The molecule has 1 heterocycles. The molecule has 0 bridgehead atoms. The number of hydrogen-bond donors (Lipinski definition) is 1. The molecule has 0 unspecified atom stereocenters. The van der Waals surface area contributed by atoms with E-state index in [1.54, 1.807) is 18.2 Å². The Morgan fingerprint density at radius 2 is 1.81 bits per heavy atom. The van der Waals surface area contributed by atoms with Crippen LogP contribution in [0.1, 0.15) is 52.0 Å². The molecule has 26 heavy (non-hydrogen) atoms. The molecule has 1 amide bonds. The summed E-state index contributed by atoms with van der Waals surface area (Å²) in [4.78, 5) is 16.8. The third-order valence-electron chi connectivity index (χ3n) is 3.68. The number of hydrogen-bond acceptors (Lipinski definition) is 5. The van der Waals surface area contributed by atoms with Gasteiger partial charge in [0.25, 0.3) is 0 Å². The van der Waals surface area contributed by atoms with Crippen molar-refractivity contribution in [3.63, 3.8) is 0 Å². The molecule has 1 aromatic carbocycles. The number of aromatic nitrogens is 1. The van der Waals surface area contributed by atoms with Gasteiger partial charge in [-0.2, -0.15) is 0 Å². The fourth-order valence-electron chi connectivity index (χ4n) is 2.39. The SMILES string of the molecule is CCOc1ccc(NC(=O)Cc2oc(C(C)(C)C)nc2C)cc1OCC. The molecule has 0 aliphatic heterocycles. The molecule has 0 saturated heterocycles. The maximum absolute atomic E-state index is 12.4. The van der Waals surface area contributed by atoms with E-state index in [2.05, 4.69) is 10.3 Å². The van der Waals surface area contributed by atoms with E-state index in [-0.39, 0.29) is 17.7 Å². The zero-order chi connectivity index (χ0) is 19.3. The van der Waals surface area contributed by atoms with Crippen molar-refractivity contribution >= 4 is 11.6 Å². The average Bonchev–Trinajstić information content (AvgIpc) is 2.91. The zero-order valence-corrected chi connectivity index (χ0v) is 16.4. The molecule has 0 atom stereocenters. The van der Waals surface area contributed by atoms with Crippen LogP contribution < -0.4 is 14.8 Å². The van der Waals surface area contributed by atoms with E-state index in [0.29, 0.717) is 42.1 Å². The number of aryl methyl sites for hydroxylation is 1. The van der Waals surface area contributed by atoms with Crippen molar-refractivity contribution in [1.29, 1.82) is 0 Å². The molecule has 142 valence electrons. The maximum atomic E-state index is 12.4. The second kappa shape index (κ2) is 8.25. The number of oxazole rings is 1. The Bertz CT molecular complexity index is 760. The lowest BCUT2D eigenvalue weighted by atomic mass is 9.97. The van der Waals surface area contributed by atoms with Crippen LogP contribution in [0.2, 0.25) is 0 Å². The van der Waals surface area contributed by atoms with E-state index in [9.17, 15) is 4.79 Å². The third kappa shape index (κ3) is 5.00. The topological polar surface area (TPSA) is 73.6 Å². The van der Waals surface area contributed by atoms with Gasteiger partial charge in [0.2, 0.25) is 5.91 Å². The summed E-state index contributed by atoms with van der Waals surface area (Å²) in [5.41, 5.74) is 1.20. The highest BCUT2D eigenvalue weighted by Crippen LogP contribution is 2.31. The van der Waals surface area contributed by atoms with Crippen LogP contribution in [0.25, 0.3) is 0 Å². The van der Waals surface area contributed by atoms with Crippen molar-refractivity contribution in [2.75, 3.05) is 18.5 Å². The maximum Gasteiger partial charge on any atom is 0.232 e. The van der Waals surface area contributed by atoms with Gasteiger partial charge in [-0.05, 0) is 32.9 Å². The number of carbonyl (C=O) groups is 1. The van der Waals surface area contributed by atoms with Gasteiger partial charge in [0.1, 0.15) is 5.76 Å². The van der Waals surface area contributed by atoms with Crippen LogP contribution in [-0.2, 0) is 16.6 Å². The highest BCUT2D eigenvalue weighted by Gasteiger charge is 2.23. The molecule has 0 fully saturated rings. The second-order valence-electron chi connectivity index (χ2n) is 7.03. The van der Waals surface area contributed by atoms with E-state index in [1.807, 2.05) is 41.5 Å². The van der Waals surface area contributed by atoms with Crippen LogP contribution in [0.15, 0.2) is 22.6 Å². The van der Waals surface area contributed by atoms with E-state index in [0.717, 1.165) is 5.69 Å². The van der Waals surface area contributed by atoms with Gasteiger partial charge in [-0.1, -0.05) is 20.8 Å². The first kappa shape index (κ1) is 19.8. The van der Waals surface area contributed by atoms with Crippen LogP contribution in [0.5, 0.6) is 11.5 Å². The van der Waals surface area contributed by atoms with Crippen molar-refractivity contribution in [2.45, 2.75) is 53.4 Å². The molecular weight excluding hydrogens is 332 g/mol. The fourth-order valence-corrected chi connectivity index (χ4v) is 2.39. The Hall–Kier alpha value is -2.50. The van der Waals surface area contributed by atoms with Crippen LogP contribution in [0.4, 0.5) is 5.69 Å². The smallest absolute Gasteiger partial charge is 0.232 e. The molecule has 6 nitrogen and oxygen atoms in total. The minimum absolute atomic E-state index is 0.131. The monoisotopic (exact) mass is 360 g/mol. The van der Waals surface area contributed by atoms with E-state index < -0.39 is 0 Å². The third-order valence-corrected chi connectivity index (χ3v) is 3.68. The van der Waals surface area contributed by atoms with Crippen LogP contribution >= 0.6 is 0 Å². The summed E-state index contributed by atoms with van der Waals surface area (Å²) in [6.45, 7) is 12.8. The first-order valence-electron chi connectivity index (χ1n) is 8.90. The molecule has 6 heteroatoms. The molecule has 0 saturated carbocycles. The predicted molar refractivity (Wildman–Crippen MR) is 101 cm³/mol. The average molecular weight is 360 g/mol. The molecule has 2 rings (SSSR count).